The zero-order chi connectivity index (χ0) is 17.2. The molecule has 0 saturated carbocycles. The van der Waals surface area contributed by atoms with Crippen LogP contribution in [0.3, 0.4) is 0 Å². The Kier molecular flexibility index (Phi) is 11.1. The van der Waals surface area contributed by atoms with Crippen LogP contribution in [0.5, 0.6) is 0 Å². The van der Waals surface area contributed by atoms with Gasteiger partial charge in [0, 0.05) is 46.3 Å². The Balaban J connectivity index is 0.00000312. The van der Waals surface area contributed by atoms with Crippen molar-refractivity contribution in [1.82, 2.24) is 20.4 Å². The van der Waals surface area contributed by atoms with Gasteiger partial charge in [-0.2, -0.15) is 0 Å². The molecule has 2 N–H and O–H groups in total. The molecule has 5 nitrogen and oxygen atoms in total. The van der Waals surface area contributed by atoms with E-state index >= 15 is 0 Å². The van der Waals surface area contributed by atoms with E-state index in [0.29, 0.717) is 0 Å². The summed E-state index contributed by atoms with van der Waals surface area (Å²) in [5.41, 5.74) is 2.58. The number of rotatable bonds is 7. The molecule has 0 radical (unpaired) electrons. The summed E-state index contributed by atoms with van der Waals surface area (Å²) in [5.74, 6) is 0.885. The van der Waals surface area contributed by atoms with Crippen LogP contribution in [-0.2, 0) is 6.54 Å². The van der Waals surface area contributed by atoms with Crippen LogP contribution in [-0.4, -0.2) is 69.1 Å². The molecule has 0 unspecified atom stereocenters. The van der Waals surface area contributed by atoms with E-state index in [1.165, 1.54) is 56.7 Å². The zero-order valence-corrected chi connectivity index (χ0v) is 18.3. The van der Waals surface area contributed by atoms with Crippen LogP contribution in [0.4, 0.5) is 0 Å². The topological polar surface area (TPSA) is 42.9 Å². The average molecular weight is 459 g/mol. The lowest BCUT2D eigenvalue weighted by molar-refractivity contribution is 0.152. The van der Waals surface area contributed by atoms with Crippen molar-refractivity contribution in [1.29, 1.82) is 0 Å². The molecule has 1 aliphatic heterocycles. The minimum absolute atomic E-state index is 0. The Morgan fingerprint density at radius 1 is 1.12 bits per heavy atom. The van der Waals surface area contributed by atoms with Crippen LogP contribution >= 0.6 is 24.0 Å². The number of nitrogens with zero attached hydrogens (tertiary/aromatic N) is 3. The van der Waals surface area contributed by atoms with Crippen molar-refractivity contribution in [3.63, 3.8) is 0 Å². The van der Waals surface area contributed by atoms with Crippen LogP contribution in [0.2, 0.25) is 0 Å². The summed E-state index contributed by atoms with van der Waals surface area (Å²) >= 11 is 0. The van der Waals surface area contributed by atoms with Gasteiger partial charge in [0.05, 0.1) is 0 Å². The fourth-order valence-corrected chi connectivity index (χ4v) is 2.97. The monoisotopic (exact) mass is 459 g/mol. The summed E-state index contributed by atoms with van der Waals surface area (Å²) in [7, 11) is 4.03. The molecule has 6 heteroatoms. The second kappa shape index (κ2) is 12.5. The van der Waals surface area contributed by atoms with Crippen molar-refractivity contribution in [2.75, 3.05) is 53.4 Å². The molecule has 1 heterocycles. The van der Waals surface area contributed by atoms with Gasteiger partial charge in [0.2, 0.25) is 0 Å². The third-order valence-electron chi connectivity index (χ3n) is 4.56. The maximum absolute atomic E-state index is 4.30. The number of aliphatic imine (C=N–C) groups is 1. The fraction of sp³-hybridized carbons (Fsp3) is 0.632. The Morgan fingerprint density at radius 2 is 1.88 bits per heavy atom. The van der Waals surface area contributed by atoms with Crippen molar-refractivity contribution in [3.05, 3.63) is 35.4 Å². The Hall–Kier alpha value is -0.860. The summed E-state index contributed by atoms with van der Waals surface area (Å²) in [6.45, 7) is 9.94. The van der Waals surface area contributed by atoms with Gasteiger partial charge in [-0.3, -0.25) is 4.99 Å². The smallest absolute Gasteiger partial charge is 0.191 e. The second-order valence-electron chi connectivity index (χ2n) is 6.69. The van der Waals surface area contributed by atoms with E-state index in [4.69, 9.17) is 0 Å². The molecule has 1 aromatic carbocycles. The van der Waals surface area contributed by atoms with Crippen molar-refractivity contribution in [2.24, 2.45) is 4.99 Å². The number of hydrogen-bond donors (Lipinski definition) is 2. The molecule has 1 saturated heterocycles. The maximum Gasteiger partial charge on any atom is 0.191 e. The average Bonchev–Trinajstić information content (AvgIpc) is 2.59. The Morgan fingerprint density at radius 3 is 2.56 bits per heavy atom. The van der Waals surface area contributed by atoms with Gasteiger partial charge in [-0.1, -0.05) is 29.8 Å². The molecule has 0 atom stereocenters. The minimum atomic E-state index is 0. The molecule has 2 rings (SSSR count). The highest BCUT2D eigenvalue weighted by molar-refractivity contribution is 14.0. The van der Waals surface area contributed by atoms with Crippen LogP contribution in [0, 0.1) is 6.92 Å². The van der Waals surface area contributed by atoms with Gasteiger partial charge in [0.25, 0.3) is 0 Å². The van der Waals surface area contributed by atoms with Gasteiger partial charge < -0.3 is 20.4 Å². The van der Waals surface area contributed by atoms with E-state index in [1.807, 2.05) is 7.05 Å². The third-order valence-corrected chi connectivity index (χ3v) is 4.56. The number of unbranched alkanes of at least 4 members (excludes halogenated alkanes) is 1. The lowest BCUT2D eigenvalue weighted by atomic mass is 10.1. The van der Waals surface area contributed by atoms with E-state index < -0.39 is 0 Å². The second-order valence-corrected chi connectivity index (χ2v) is 6.69. The SMILES string of the molecule is CN=C(NCCCCN1CCN(C)CC1)NCc1cccc(C)c1.I. The van der Waals surface area contributed by atoms with Crippen molar-refractivity contribution >= 4 is 29.9 Å². The number of piperazine rings is 1. The van der Waals surface area contributed by atoms with Gasteiger partial charge in [-0.25, -0.2) is 0 Å². The lowest BCUT2D eigenvalue weighted by Crippen LogP contribution is -2.44. The summed E-state index contributed by atoms with van der Waals surface area (Å²) in [6.07, 6.45) is 2.42. The fourth-order valence-electron chi connectivity index (χ4n) is 2.97. The van der Waals surface area contributed by atoms with Crippen LogP contribution in [0.15, 0.2) is 29.3 Å². The van der Waals surface area contributed by atoms with E-state index in [9.17, 15) is 0 Å². The predicted octanol–water partition coefficient (Wildman–Crippen LogP) is 2.31. The molecule has 1 aromatic rings. The molecule has 0 amide bonds. The predicted molar refractivity (Wildman–Crippen MR) is 118 cm³/mol. The zero-order valence-electron chi connectivity index (χ0n) is 15.9. The molecule has 1 fully saturated rings. The lowest BCUT2D eigenvalue weighted by Gasteiger charge is -2.32. The highest BCUT2D eigenvalue weighted by atomic mass is 127. The molecule has 25 heavy (non-hydrogen) atoms. The highest BCUT2D eigenvalue weighted by Gasteiger charge is 2.12. The number of likely N-dealkylation sites (N-methyl/N-ethyl adjacent to an activating group) is 1. The number of halogens is 1. The largest absolute Gasteiger partial charge is 0.356 e. The standard InChI is InChI=1S/C19H33N5.HI/c1-17-7-6-8-18(15-17)16-22-19(20-2)21-9-4-5-10-24-13-11-23(3)12-14-24;/h6-8,15H,4-5,9-14,16H2,1-3H3,(H2,20,21,22);1H. The Labute approximate surface area is 170 Å². The van der Waals surface area contributed by atoms with Gasteiger partial charge >= 0.3 is 0 Å². The first-order valence-corrected chi connectivity index (χ1v) is 9.08. The van der Waals surface area contributed by atoms with Gasteiger partial charge in [0.15, 0.2) is 5.96 Å². The molecular weight excluding hydrogens is 425 g/mol. The van der Waals surface area contributed by atoms with E-state index in [0.717, 1.165) is 19.0 Å². The first-order chi connectivity index (χ1) is 11.7. The number of guanidine groups is 1. The van der Waals surface area contributed by atoms with E-state index in [-0.39, 0.29) is 24.0 Å². The molecule has 0 bridgehead atoms. The van der Waals surface area contributed by atoms with Gasteiger partial charge in [0.1, 0.15) is 0 Å². The summed E-state index contributed by atoms with van der Waals surface area (Å²) < 4.78 is 0. The third kappa shape index (κ3) is 8.87. The number of hydrogen-bond acceptors (Lipinski definition) is 3. The first kappa shape index (κ1) is 22.2. The quantitative estimate of drug-likeness (QED) is 0.284. The van der Waals surface area contributed by atoms with Crippen LogP contribution in [0.25, 0.3) is 0 Å². The maximum atomic E-state index is 4.30. The van der Waals surface area contributed by atoms with Crippen LogP contribution < -0.4 is 10.6 Å². The molecule has 0 spiro atoms. The minimum Gasteiger partial charge on any atom is -0.356 e. The number of nitrogens with one attached hydrogen (secondary N) is 2. The normalized spacial score (nSPS) is 16.4. The summed E-state index contributed by atoms with van der Waals surface area (Å²) in [6, 6.07) is 8.57. The van der Waals surface area contributed by atoms with Crippen molar-refractivity contribution in [3.8, 4) is 0 Å². The van der Waals surface area contributed by atoms with Crippen LogP contribution in [0.1, 0.15) is 24.0 Å². The van der Waals surface area contributed by atoms with Gasteiger partial charge in [-0.15, -0.1) is 24.0 Å². The molecule has 0 aliphatic carbocycles. The molecule has 142 valence electrons. The van der Waals surface area contributed by atoms with Crippen molar-refractivity contribution < 1.29 is 0 Å². The molecule has 0 aromatic heterocycles. The summed E-state index contributed by atoms with van der Waals surface area (Å²) in [4.78, 5) is 9.28. The van der Waals surface area contributed by atoms with Crippen molar-refractivity contribution in [2.45, 2.75) is 26.3 Å². The number of aryl methyl sites for hydroxylation is 1. The highest BCUT2D eigenvalue weighted by Crippen LogP contribution is 2.03. The van der Waals surface area contributed by atoms with Gasteiger partial charge in [-0.05, 0) is 38.9 Å². The molecule has 1 aliphatic rings. The van der Waals surface area contributed by atoms with E-state index in [2.05, 4.69) is 63.7 Å². The summed E-state index contributed by atoms with van der Waals surface area (Å²) in [5, 5.41) is 6.79. The first-order valence-electron chi connectivity index (χ1n) is 9.08. The Bertz CT molecular complexity index is 512. The number of benzene rings is 1. The van der Waals surface area contributed by atoms with E-state index in [1.54, 1.807) is 0 Å². The molecular formula is C19H34IN5.